The van der Waals surface area contributed by atoms with Crippen molar-refractivity contribution in [3.05, 3.63) is 88.2 Å². The first-order valence-corrected chi connectivity index (χ1v) is 8.91. The van der Waals surface area contributed by atoms with E-state index in [-0.39, 0.29) is 16.9 Å². The van der Waals surface area contributed by atoms with Gasteiger partial charge in [-0.05, 0) is 24.5 Å². The van der Waals surface area contributed by atoms with E-state index in [0.29, 0.717) is 5.56 Å². The Labute approximate surface area is 152 Å². The summed E-state index contributed by atoms with van der Waals surface area (Å²) in [6, 6.07) is 20.7. The molecule has 2 aromatic carbocycles. The number of carbonyl (C=O) groups excluding carboxylic acids is 1. The number of carbonyl (C=O) groups is 1. The van der Waals surface area contributed by atoms with E-state index >= 15 is 0 Å². The van der Waals surface area contributed by atoms with Gasteiger partial charge in [-0.25, -0.2) is 0 Å². The van der Waals surface area contributed by atoms with Crippen molar-refractivity contribution in [1.29, 1.82) is 0 Å². The highest BCUT2D eigenvalue weighted by Gasteiger charge is 2.24. The Hall–Kier alpha value is -3.14. The minimum Gasteiger partial charge on any atom is -0.371 e. The van der Waals surface area contributed by atoms with Gasteiger partial charge in [-0.2, -0.15) is 0 Å². The van der Waals surface area contributed by atoms with Crippen LogP contribution in [0.25, 0.3) is 11.3 Å². The molecule has 1 saturated heterocycles. The molecular weight excluding hydrogens is 324 g/mol. The van der Waals surface area contributed by atoms with Gasteiger partial charge in [0.1, 0.15) is 5.56 Å². The van der Waals surface area contributed by atoms with E-state index in [2.05, 4.69) is 9.88 Å². The summed E-state index contributed by atoms with van der Waals surface area (Å²) in [6.07, 6.45) is 2.15. The third-order valence-electron chi connectivity index (χ3n) is 4.81. The van der Waals surface area contributed by atoms with Crippen molar-refractivity contribution in [3.8, 4) is 11.3 Å². The second-order valence-electron chi connectivity index (χ2n) is 6.53. The van der Waals surface area contributed by atoms with E-state index in [1.54, 1.807) is 12.1 Å². The van der Waals surface area contributed by atoms with Crippen LogP contribution in [0.15, 0.2) is 71.5 Å². The number of ketones is 1. The molecule has 0 radical (unpaired) electrons. The van der Waals surface area contributed by atoms with E-state index < -0.39 is 0 Å². The highest BCUT2D eigenvalue weighted by Crippen LogP contribution is 2.28. The van der Waals surface area contributed by atoms with Crippen LogP contribution in [0.4, 0.5) is 5.69 Å². The molecule has 1 N–H and O–H groups in total. The number of anilines is 1. The monoisotopic (exact) mass is 344 g/mol. The SMILES string of the molecule is O=C(c1ccccc1)c1c(N2CCCC2)cc(-c2ccccc2)[nH]c1=O. The molecule has 0 saturated carbocycles. The molecule has 3 aromatic rings. The molecule has 0 atom stereocenters. The van der Waals surface area contributed by atoms with Crippen LogP contribution >= 0.6 is 0 Å². The number of benzene rings is 2. The lowest BCUT2D eigenvalue weighted by Gasteiger charge is -2.21. The smallest absolute Gasteiger partial charge is 0.261 e. The standard InChI is InChI=1S/C22H20N2O2/c25-21(17-11-5-2-6-12-17)20-19(24-13-7-8-14-24)15-18(23-22(20)26)16-9-3-1-4-10-16/h1-6,9-12,15H,7-8,13-14H2,(H,23,26). The zero-order chi connectivity index (χ0) is 17.9. The number of rotatable bonds is 4. The van der Waals surface area contributed by atoms with Crippen LogP contribution in [0.1, 0.15) is 28.8 Å². The Balaban J connectivity index is 1.88. The molecule has 0 spiro atoms. The summed E-state index contributed by atoms with van der Waals surface area (Å²) in [7, 11) is 0. The number of aromatic nitrogens is 1. The predicted octanol–water partition coefficient (Wildman–Crippen LogP) is 3.87. The first-order chi connectivity index (χ1) is 12.7. The van der Waals surface area contributed by atoms with Crippen molar-refractivity contribution in [2.24, 2.45) is 0 Å². The molecule has 0 amide bonds. The zero-order valence-corrected chi connectivity index (χ0v) is 14.4. The van der Waals surface area contributed by atoms with Crippen molar-refractivity contribution in [1.82, 2.24) is 4.98 Å². The summed E-state index contributed by atoms with van der Waals surface area (Å²) in [5.74, 6) is -0.228. The van der Waals surface area contributed by atoms with Crippen LogP contribution in [0.5, 0.6) is 0 Å². The van der Waals surface area contributed by atoms with Crippen molar-refractivity contribution in [2.45, 2.75) is 12.8 Å². The molecule has 4 nitrogen and oxygen atoms in total. The first-order valence-electron chi connectivity index (χ1n) is 8.91. The number of H-pyrrole nitrogens is 1. The molecule has 26 heavy (non-hydrogen) atoms. The lowest BCUT2D eigenvalue weighted by molar-refractivity contribution is 0.103. The molecule has 0 bridgehead atoms. The van der Waals surface area contributed by atoms with Crippen molar-refractivity contribution < 1.29 is 4.79 Å². The lowest BCUT2D eigenvalue weighted by atomic mass is 10.0. The summed E-state index contributed by atoms with van der Waals surface area (Å²) in [4.78, 5) is 31.0. The number of hydrogen-bond acceptors (Lipinski definition) is 3. The van der Waals surface area contributed by atoms with Crippen molar-refractivity contribution in [2.75, 3.05) is 18.0 Å². The molecule has 0 unspecified atom stereocenters. The van der Waals surface area contributed by atoms with Gasteiger partial charge >= 0.3 is 0 Å². The molecule has 130 valence electrons. The van der Waals surface area contributed by atoms with Gasteiger partial charge in [0, 0.05) is 18.7 Å². The highest BCUT2D eigenvalue weighted by molar-refractivity contribution is 6.12. The fraction of sp³-hybridized carbons (Fsp3) is 0.182. The Kier molecular flexibility index (Phi) is 4.40. The number of aromatic amines is 1. The quantitative estimate of drug-likeness (QED) is 0.731. The largest absolute Gasteiger partial charge is 0.371 e. The zero-order valence-electron chi connectivity index (χ0n) is 14.4. The van der Waals surface area contributed by atoms with E-state index in [4.69, 9.17) is 0 Å². The maximum Gasteiger partial charge on any atom is 0.261 e. The molecule has 1 aliphatic heterocycles. The average molecular weight is 344 g/mol. The van der Waals surface area contributed by atoms with Gasteiger partial charge in [0.2, 0.25) is 5.78 Å². The molecule has 4 rings (SSSR count). The van der Waals surface area contributed by atoms with Crippen LogP contribution < -0.4 is 10.5 Å². The number of nitrogens with one attached hydrogen (secondary N) is 1. The van der Waals surface area contributed by atoms with Gasteiger partial charge in [-0.1, -0.05) is 60.7 Å². The second-order valence-corrected chi connectivity index (χ2v) is 6.53. The molecule has 1 aromatic heterocycles. The Morgan fingerprint density at radius 2 is 1.50 bits per heavy atom. The third kappa shape index (κ3) is 3.06. The number of pyridine rings is 1. The molecule has 1 fully saturated rings. The van der Waals surface area contributed by atoms with Gasteiger partial charge in [-0.3, -0.25) is 9.59 Å². The van der Waals surface area contributed by atoms with Gasteiger partial charge in [0.15, 0.2) is 0 Å². The van der Waals surface area contributed by atoms with Gasteiger partial charge in [-0.15, -0.1) is 0 Å². The predicted molar refractivity (Wildman–Crippen MR) is 104 cm³/mol. The first kappa shape index (κ1) is 16.3. The van der Waals surface area contributed by atoms with E-state index in [0.717, 1.165) is 42.9 Å². The van der Waals surface area contributed by atoms with Gasteiger partial charge in [0.25, 0.3) is 5.56 Å². The van der Waals surface area contributed by atoms with Crippen LogP contribution in [0.3, 0.4) is 0 Å². The highest BCUT2D eigenvalue weighted by atomic mass is 16.1. The Morgan fingerprint density at radius 1 is 0.885 bits per heavy atom. The Bertz CT molecular complexity index is 972. The van der Waals surface area contributed by atoms with E-state index in [1.807, 2.05) is 54.6 Å². The van der Waals surface area contributed by atoms with Gasteiger partial charge in [0.05, 0.1) is 11.4 Å². The average Bonchev–Trinajstić information content (AvgIpc) is 3.23. The minimum absolute atomic E-state index is 0.228. The molecular formula is C22H20N2O2. The summed E-state index contributed by atoms with van der Waals surface area (Å²) in [5, 5.41) is 0. The maximum atomic E-state index is 13.0. The summed E-state index contributed by atoms with van der Waals surface area (Å²) >= 11 is 0. The summed E-state index contributed by atoms with van der Waals surface area (Å²) in [6.45, 7) is 1.74. The van der Waals surface area contributed by atoms with Crippen LogP contribution in [0.2, 0.25) is 0 Å². The Morgan fingerprint density at radius 3 is 2.15 bits per heavy atom. The van der Waals surface area contributed by atoms with E-state index in [1.165, 1.54) is 0 Å². The van der Waals surface area contributed by atoms with E-state index in [9.17, 15) is 9.59 Å². The van der Waals surface area contributed by atoms with Crippen LogP contribution in [-0.4, -0.2) is 23.9 Å². The topological polar surface area (TPSA) is 53.2 Å². The normalized spacial score (nSPS) is 13.8. The summed E-state index contributed by atoms with van der Waals surface area (Å²) < 4.78 is 0. The molecule has 2 heterocycles. The fourth-order valence-electron chi connectivity index (χ4n) is 3.48. The number of nitrogens with zero attached hydrogens (tertiary/aromatic N) is 1. The fourth-order valence-corrected chi connectivity index (χ4v) is 3.48. The lowest BCUT2D eigenvalue weighted by Crippen LogP contribution is -2.27. The third-order valence-corrected chi connectivity index (χ3v) is 4.81. The van der Waals surface area contributed by atoms with Crippen molar-refractivity contribution in [3.63, 3.8) is 0 Å². The molecule has 4 heteroatoms. The second kappa shape index (κ2) is 7.00. The van der Waals surface area contributed by atoms with Crippen molar-refractivity contribution >= 4 is 11.5 Å². The van der Waals surface area contributed by atoms with Crippen LogP contribution in [-0.2, 0) is 0 Å². The summed E-state index contributed by atoms with van der Waals surface area (Å²) in [5.41, 5.74) is 2.84. The van der Waals surface area contributed by atoms with Gasteiger partial charge < -0.3 is 9.88 Å². The maximum absolute atomic E-state index is 13.0. The van der Waals surface area contributed by atoms with Crippen LogP contribution in [0, 0.1) is 0 Å². The molecule has 1 aliphatic rings. The molecule has 0 aliphatic carbocycles. The minimum atomic E-state index is -0.331. The number of hydrogen-bond donors (Lipinski definition) is 1.